The number of rotatable bonds is 2. The van der Waals surface area contributed by atoms with E-state index in [0.29, 0.717) is 22.4 Å². The molecule has 0 unspecified atom stereocenters. The summed E-state index contributed by atoms with van der Waals surface area (Å²) in [5, 5.41) is 5.14. The molecule has 0 aliphatic rings. The molecule has 5 heteroatoms. The van der Waals surface area contributed by atoms with Crippen molar-refractivity contribution >= 4 is 28.3 Å². The zero-order valence-electron chi connectivity index (χ0n) is 13.4. The van der Waals surface area contributed by atoms with Crippen LogP contribution < -0.4 is 5.43 Å². The SMILES string of the molecule is Cc1ccc(C=Nn2c(C)nc3c(=O)c4ccccc4[nH]c32)cc1. The van der Waals surface area contributed by atoms with Gasteiger partial charge in [0, 0.05) is 5.39 Å². The van der Waals surface area contributed by atoms with Crippen LogP contribution in [0.3, 0.4) is 0 Å². The minimum Gasteiger partial charge on any atom is -0.338 e. The molecule has 0 saturated heterocycles. The van der Waals surface area contributed by atoms with Crippen LogP contribution in [-0.2, 0) is 0 Å². The van der Waals surface area contributed by atoms with Crippen molar-refractivity contribution in [2.45, 2.75) is 13.8 Å². The van der Waals surface area contributed by atoms with Crippen LogP contribution in [-0.4, -0.2) is 20.9 Å². The molecular weight excluding hydrogens is 300 g/mol. The van der Waals surface area contributed by atoms with Gasteiger partial charge >= 0.3 is 0 Å². The summed E-state index contributed by atoms with van der Waals surface area (Å²) in [6.45, 7) is 3.88. The van der Waals surface area contributed by atoms with E-state index in [9.17, 15) is 4.79 Å². The number of nitrogens with one attached hydrogen (secondary N) is 1. The van der Waals surface area contributed by atoms with Crippen LogP contribution in [0.5, 0.6) is 0 Å². The summed E-state index contributed by atoms with van der Waals surface area (Å²) in [5.74, 6) is 0.664. The number of aryl methyl sites for hydroxylation is 2. The van der Waals surface area contributed by atoms with Gasteiger partial charge in [0.05, 0.1) is 11.7 Å². The second kappa shape index (κ2) is 5.45. The van der Waals surface area contributed by atoms with Crippen molar-refractivity contribution in [2.24, 2.45) is 5.10 Å². The molecule has 118 valence electrons. The highest BCUT2D eigenvalue weighted by Crippen LogP contribution is 2.15. The predicted molar refractivity (Wildman–Crippen MR) is 96.8 cm³/mol. The van der Waals surface area contributed by atoms with Crippen molar-refractivity contribution in [2.75, 3.05) is 0 Å². The van der Waals surface area contributed by atoms with Crippen LogP contribution >= 0.6 is 0 Å². The molecule has 0 aliphatic heterocycles. The Bertz CT molecular complexity index is 1130. The van der Waals surface area contributed by atoms with Gasteiger partial charge in [0.25, 0.3) is 0 Å². The van der Waals surface area contributed by atoms with Crippen molar-refractivity contribution in [1.29, 1.82) is 0 Å². The van der Waals surface area contributed by atoms with E-state index in [4.69, 9.17) is 0 Å². The third-order valence-electron chi connectivity index (χ3n) is 4.06. The number of imidazole rings is 1. The number of hydrogen-bond donors (Lipinski definition) is 1. The lowest BCUT2D eigenvalue weighted by Crippen LogP contribution is -2.04. The normalized spacial score (nSPS) is 11.8. The second-order valence-electron chi connectivity index (χ2n) is 5.82. The summed E-state index contributed by atoms with van der Waals surface area (Å²) in [4.78, 5) is 20.3. The largest absolute Gasteiger partial charge is 0.338 e. The molecule has 0 spiro atoms. The van der Waals surface area contributed by atoms with Crippen LogP contribution in [0.15, 0.2) is 58.4 Å². The highest BCUT2D eigenvalue weighted by molar-refractivity contribution is 5.89. The first-order chi connectivity index (χ1) is 11.6. The smallest absolute Gasteiger partial charge is 0.217 e. The Labute approximate surface area is 138 Å². The summed E-state index contributed by atoms with van der Waals surface area (Å²) < 4.78 is 1.67. The fraction of sp³-hybridized carbons (Fsp3) is 0.105. The minimum atomic E-state index is -0.0771. The summed E-state index contributed by atoms with van der Waals surface area (Å²) in [5.41, 5.74) is 3.91. The standard InChI is InChI=1S/C19H16N4O/c1-12-7-9-14(10-8-12)11-20-23-13(2)21-17-18(24)15-5-3-4-6-16(15)22-19(17)23/h3-11H,1-2H3,(H,22,24). The zero-order valence-corrected chi connectivity index (χ0v) is 13.4. The van der Waals surface area contributed by atoms with Gasteiger partial charge in [-0.2, -0.15) is 5.10 Å². The molecule has 0 fully saturated rings. The van der Waals surface area contributed by atoms with E-state index in [-0.39, 0.29) is 5.43 Å². The summed E-state index contributed by atoms with van der Waals surface area (Å²) in [6, 6.07) is 15.5. The Hall–Kier alpha value is -3.21. The van der Waals surface area contributed by atoms with Crippen LogP contribution in [0.25, 0.3) is 22.1 Å². The molecule has 24 heavy (non-hydrogen) atoms. The molecule has 2 aromatic carbocycles. The third-order valence-corrected chi connectivity index (χ3v) is 4.06. The van der Waals surface area contributed by atoms with Crippen molar-refractivity contribution in [1.82, 2.24) is 14.6 Å². The summed E-state index contributed by atoms with van der Waals surface area (Å²) >= 11 is 0. The van der Waals surface area contributed by atoms with Crippen molar-refractivity contribution in [3.05, 3.63) is 75.7 Å². The molecule has 0 saturated carbocycles. The lowest BCUT2D eigenvalue weighted by atomic mass is 10.2. The number of aromatic nitrogens is 3. The topological polar surface area (TPSA) is 63.0 Å². The van der Waals surface area contributed by atoms with Crippen LogP contribution in [0.4, 0.5) is 0 Å². The fourth-order valence-corrected chi connectivity index (χ4v) is 2.76. The number of benzene rings is 2. The van der Waals surface area contributed by atoms with E-state index in [1.165, 1.54) is 5.56 Å². The van der Waals surface area contributed by atoms with E-state index >= 15 is 0 Å². The van der Waals surface area contributed by atoms with Crippen molar-refractivity contribution in [3.8, 4) is 0 Å². The highest BCUT2D eigenvalue weighted by atomic mass is 16.1. The quantitative estimate of drug-likeness (QED) is 0.576. The Morgan fingerprint density at radius 2 is 1.83 bits per heavy atom. The van der Waals surface area contributed by atoms with E-state index in [0.717, 1.165) is 11.1 Å². The Morgan fingerprint density at radius 1 is 1.08 bits per heavy atom. The number of aromatic amines is 1. The van der Waals surface area contributed by atoms with E-state index in [2.05, 4.69) is 15.1 Å². The van der Waals surface area contributed by atoms with E-state index < -0.39 is 0 Å². The molecule has 4 rings (SSSR count). The molecule has 4 aromatic rings. The molecule has 0 amide bonds. The number of fused-ring (bicyclic) bond motifs is 2. The molecule has 0 atom stereocenters. The van der Waals surface area contributed by atoms with Gasteiger partial charge in [-0.3, -0.25) is 4.79 Å². The Kier molecular flexibility index (Phi) is 3.27. The molecule has 0 radical (unpaired) electrons. The summed E-state index contributed by atoms with van der Waals surface area (Å²) in [7, 11) is 0. The Balaban J connectivity index is 1.90. The average molecular weight is 316 g/mol. The highest BCUT2D eigenvalue weighted by Gasteiger charge is 2.13. The van der Waals surface area contributed by atoms with Crippen molar-refractivity contribution in [3.63, 3.8) is 0 Å². The predicted octanol–water partition coefficient (Wildman–Crippen LogP) is 3.38. The Morgan fingerprint density at radius 3 is 2.62 bits per heavy atom. The van der Waals surface area contributed by atoms with Gasteiger partial charge in [-0.1, -0.05) is 42.0 Å². The van der Waals surface area contributed by atoms with E-state index in [1.807, 2.05) is 56.3 Å². The number of nitrogens with zero attached hydrogens (tertiary/aromatic N) is 3. The monoisotopic (exact) mass is 316 g/mol. The maximum absolute atomic E-state index is 12.6. The molecule has 2 aromatic heterocycles. The van der Waals surface area contributed by atoms with Gasteiger partial charge < -0.3 is 4.98 Å². The summed E-state index contributed by atoms with van der Waals surface area (Å²) in [6.07, 6.45) is 1.76. The van der Waals surface area contributed by atoms with E-state index in [1.54, 1.807) is 17.0 Å². The van der Waals surface area contributed by atoms with Gasteiger partial charge in [0.1, 0.15) is 5.82 Å². The lowest BCUT2D eigenvalue weighted by Gasteiger charge is -2.01. The first-order valence-corrected chi connectivity index (χ1v) is 7.74. The van der Waals surface area contributed by atoms with Crippen molar-refractivity contribution < 1.29 is 0 Å². The van der Waals surface area contributed by atoms with Gasteiger partial charge in [0.2, 0.25) is 5.43 Å². The van der Waals surface area contributed by atoms with Crippen LogP contribution in [0.2, 0.25) is 0 Å². The maximum Gasteiger partial charge on any atom is 0.217 e. The lowest BCUT2D eigenvalue weighted by molar-refractivity contribution is 0.850. The van der Waals surface area contributed by atoms with Crippen LogP contribution in [0, 0.1) is 13.8 Å². The molecule has 1 N–H and O–H groups in total. The minimum absolute atomic E-state index is 0.0771. The molecule has 0 bridgehead atoms. The molecular formula is C19H16N4O. The average Bonchev–Trinajstić information content (AvgIpc) is 2.91. The molecule has 2 heterocycles. The van der Waals surface area contributed by atoms with Gasteiger partial charge in [-0.05, 0) is 31.5 Å². The second-order valence-corrected chi connectivity index (χ2v) is 5.82. The molecule has 5 nitrogen and oxygen atoms in total. The fourth-order valence-electron chi connectivity index (χ4n) is 2.76. The zero-order chi connectivity index (χ0) is 16.7. The number of pyridine rings is 1. The number of para-hydroxylation sites is 1. The molecule has 0 aliphatic carbocycles. The number of hydrogen-bond acceptors (Lipinski definition) is 3. The van der Waals surface area contributed by atoms with Gasteiger partial charge in [-0.15, -0.1) is 0 Å². The number of H-pyrrole nitrogens is 1. The third kappa shape index (κ3) is 2.31. The first kappa shape index (κ1) is 14.4. The van der Waals surface area contributed by atoms with Gasteiger partial charge in [0.15, 0.2) is 11.2 Å². The first-order valence-electron chi connectivity index (χ1n) is 7.74. The van der Waals surface area contributed by atoms with Gasteiger partial charge in [-0.25, -0.2) is 9.66 Å². The van der Waals surface area contributed by atoms with Crippen LogP contribution in [0.1, 0.15) is 17.0 Å². The maximum atomic E-state index is 12.6.